The molecule has 0 amide bonds. The van der Waals surface area contributed by atoms with Crippen LogP contribution in [0, 0.1) is 10.1 Å². The van der Waals surface area contributed by atoms with Gasteiger partial charge >= 0.3 is 0 Å². The fraction of sp³-hybridized carbons (Fsp3) is 0.188. The molecule has 0 heterocycles. The van der Waals surface area contributed by atoms with Gasteiger partial charge in [0.1, 0.15) is 0 Å². The molecule has 0 saturated carbocycles. The highest BCUT2D eigenvalue weighted by molar-refractivity contribution is 5.96. The largest absolute Gasteiger partial charge is 0.392 e. The van der Waals surface area contributed by atoms with Gasteiger partial charge in [0.2, 0.25) is 0 Å². The number of carbonyl (C=O) groups is 1. The first-order valence-corrected chi connectivity index (χ1v) is 6.56. The standard InChI is InChI=1S/C16H15NO4/c18-15(9-12-5-2-1-3-6-12)11-16(19)13-7-4-8-14(10-13)17(20)21/h1-8,10,15,18H,9,11H2/t15-/m1/s1. The molecule has 0 radical (unpaired) electrons. The molecule has 0 aromatic heterocycles. The van der Waals surface area contributed by atoms with Crippen molar-refractivity contribution in [2.24, 2.45) is 0 Å². The van der Waals surface area contributed by atoms with Crippen molar-refractivity contribution in [2.45, 2.75) is 18.9 Å². The maximum Gasteiger partial charge on any atom is 0.270 e. The molecule has 2 aromatic rings. The lowest BCUT2D eigenvalue weighted by molar-refractivity contribution is -0.384. The molecule has 21 heavy (non-hydrogen) atoms. The number of hydrogen-bond donors (Lipinski definition) is 1. The first kappa shape index (κ1) is 14.9. The number of benzene rings is 2. The molecule has 0 unspecified atom stereocenters. The normalized spacial score (nSPS) is 11.9. The van der Waals surface area contributed by atoms with E-state index in [1.54, 1.807) is 0 Å². The van der Waals surface area contributed by atoms with E-state index < -0.39 is 11.0 Å². The van der Waals surface area contributed by atoms with Gasteiger partial charge in [0.25, 0.3) is 5.69 Å². The van der Waals surface area contributed by atoms with Crippen molar-refractivity contribution in [2.75, 3.05) is 0 Å². The quantitative estimate of drug-likeness (QED) is 0.502. The molecule has 1 atom stereocenters. The summed E-state index contributed by atoms with van der Waals surface area (Å²) in [4.78, 5) is 22.2. The van der Waals surface area contributed by atoms with Gasteiger partial charge in [0.15, 0.2) is 5.78 Å². The molecule has 108 valence electrons. The summed E-state index contributed by atoms with van der Waals surface area (Å²) in [5, 5.41) is 20.6. The fourth-order valence-electron chi connectivity index (χ4n) is 2.08. The molecule has 0 fully saturated rings. The van der Waals surface area contributed by atoms with Gasteiger partial charge < -0.3 is 5.11 Å². The minimum absolute atomic E-state index is 0.0595. The Morgan fingerprint density at radius 1 is 1.14 bits per heavy atom. The molecule has 0 bridgehead atoms. The van der Waals surface area contributed by atoms with Crippen molar-refractivity contribution in [1.82, 2.24) is 0 Å². The topological polar surface area (TPSA) is 80.4 Å². The second-order valence-electron chi connectivity index (χ2n) is 4.78. The first-order valence-electron chi connectivity index (χ1n) is 6.56. The van der Waals surface area contributed by atoms with Crippen LogP contribution in [0.2, 0.25) is 0 Å². The first-order chi connectivity index (χ1) is 10.1. The SMILES string of the molecule is O=C(C[C@H](O)Cc1ccccc1)c1cccc([N+](=O)[O-])c1. The summed E-state index contributed by atoms with van der Waals surface area (Å²) in [6, 6.07) is 14.9. The van der Waals surface area contributed by atoms with Gasteiger partial charge in [0.05, 0.1) is 11.0 Å². The van der Waals surface area contributed by atoms with Crippen molar-refractivity contribution in [3.8, 4) is 0 Å². The van der Waals surface area contributed by atoms with Gasteiger partial charge in [-0.15, -0.1) is 0 Å². The van der Waals surface area contributed by atoms with Gasteiger partial charge in [0, 0.05) is 24.1 Å². The molecule has 0 aliphatic rings. The highest BCUT2D eigenvalue weighted by atomic mass is 16.6. The Balaban J connectivity index is 2.01. The summed E-state index contributed by atoms with van der Waals surface area (Å²) in [7, 11) is 0. The molecule has 2 rings (SSSR count). The highest BCUT2D eigenvalue weighted by Crippen LogP contribution is 2.16. The Morgan fingerprint density at radius 2 is 1.86 bits per heavy atom. The minimum Gasteiger partial charge on any atom is -0.392 e. The minimum atomic E-state index is -0.806. The second kappa shape index (κ2) is 6.76. The Kier molecular flexibility index (Phi) is 4.79. The molecule has 2 aromatic carbocycles. The van der Waals surface area contributed by atoms with E-state index in [1.807, 2.05) is 30.3 Å². The van der Waals surface area contributed by atoms with E-state index in [0.717, 1.165) is 5.56 Å². The Labute approximate surface area is 122 Å². The number of nitrogens with zero attached hydrogens (tertiary/aromatic N) is 1. The number of rotatable bonds is 6. The number of nitro benzene ring substituents is 1. The van der Waals surface area contributed by atoms with Crippen molar-refractivity contribution in [3.63, 3.8) is 0 Å². The summed E-state index contributed by atoms with van der Waals surface area (Å²) < 4.78 is 0. The number of Topliss-reactive ketones (excluding diaryl/α,β-unsaturated/α-hetero) is 1. The second-order valence-corrected chi connectivity index (χ2v) is 4.78. The third kappa shape index (κ3) is 4.22. The molecule has 5 heteroatoms. The average molecular weight is 285 g/mol. The molecule has 0 saturated heterocycles. The zero-order valence-electron chi connectivity index (χ0n) is 11.3. The predicted molar refractivity (Wildman–Crippen MR) is 78.2 cm³/mol. The Morgan fingerprint density at radius 3 is 2.52 bits per heavy atom. The van der Waals surface area contributed by atoms with Crippen LogP contribution in [0.1, 0.15) is 22.3 Å². The zero-order chi connectivity index (χ0) is 15.2. The van der Waals surface area contributed by atoms with E-state index in [0.29, 0.717) is 6.42 Å². The van der Waals surface area contributed by atoms with Gasteiger partial charge in [-0.25, -0.2) is 0 Å². The van der Waals surface area contributed by atoms with E-state index in [1.165, 1.54) is 24.3 Å². The van der Waals surface area contributed by atoms with Gasteiger partial charge in [-0.3, -0.25) is 14.9 Å². The van der Waals surface area contributed by atoms with E-state index in [-0.39, 0.29) is 23.5 Å². The van der Waals surface area contributed by atoms with Crippen LogP contribution in [0.4, 0.5) is 5.69 Å². The third-order valence-corrected chi connectivity index (χ3v) is 3.11. The van der Waals surface area contributed by atoms with Crippen molar-refractivity contribution >= 4 is 11.5 Å². The summed E-state index contributed by atoms with van der Waals surface area (Å²) in [6.07, 6.45) is -0.489. The van der Waals surface area contributed by atoms with Gasteiger partial charge in [-0.1, -0.05) is 42.5 Å². The fourth-order valence-corrected chi connectivity index (χ4v) is 2.08. The lowest BCUT2D eigenvalue weighted by atomic mass is 10.00. The predicted octanol–water partition coefficient (Wildman–Crippen LogP) is 2.77. The lowest BCUT2D eigenvalue weighted by Crippen LogP contribution is -2.16. The highest BCUT2D eigenvalue weighted by Gasteiger charge is 2.15. The zero-order valence-corrected chi connectivity index (χ0v) is 11.3. The Bertz CT molecular complexity index is 640. The van der Waals surface area contributed by atoms with Gasteiger partial charge in [-0.05, 0) is 12.0 Å². The van der Waals surface area contributed by atoms with E-state index in [2.05, 4.69) is 0 Å². The molecule has 0 aliphatic carbocycles. The van der Waals surface area contributed by atoms with Crippen molar-refractivity contribution < 1.29 is 14.8 Å². The summed E-state index contributed by atoms with van der Waals surface area (Å²) in [5.41, 5.74) is 1.06. The molecular weight excluding hydrogens is 270 g/mol. The lowest BCUT2D eigenvalue weighted by Gasteiger charge is -2.09. The number of aliphatic hydroxyl groups excluding tert-OH is 1. The van der Waals surface area contributed by atoms with Crippen LogP contribution in [-0.2, 0) is 6.42 Å². The van der Waals surface area contributed by atoms with E-state index in [4.69, 9.17) is 0 Å². The van der Waals surface area contributed by atoms with Crippen LogP contribution >= 0.6 is 0 Å². The average Bonchev–Trinajstić information content (AvgIpc) is 2.48. The molecule has 1 N–H and O–H groups in total. The third-order valence-electron chi connectivity index (χ3n) is 3.11. The van der Waals surface area contributed by atoms with Crippen molar-refractivity contribution in [3.05, 3.63) is 75.8 Å². The van der Waals surface area contributed by atoms with Crippen LogP contribution in [0.15, 0.2) is 54.6 Å². The van der Waals surface area contributed by atoms with Crippen LogP contribution < -0.4 is 0 Å². The van der Waals surface area contributed by atoms with E-state index in [9.17, 15) is 20.0 Å². The molecule has 5 nitrogen and oxygen atoms in total. The van der Waals surface area contributed by atoms with Crippen molar-refractivity contribution in [1.29, 1.82) is 0 Å². The maximum atomic E-state index is 12.0. The van der Waals surface area contributed by atoms with Crippen LogP contribution in [0.25, 0.3) is 0 Å². The van der Waals surface area contributed by atoms with Crippen LogP contribution in [-0.4, -0.2) is 21.9 Å². The van der Waals surface area contributed by atoms with E-state index >= 15 is 0 Å². The molecule has 0 spiro atoms. The summed E-state index contributed by atoms with van der Waals surface area (Å²) in [5.74, 6) is -0.304. The maximum absolute atomic E-state index is 12.0. The number of nitro groups is 1. The number of aliphatic hydroxyl groups is 1. The number of ketones is 1. The number of non-ortho nitro benzene ring substituents is 1. The molecular formula is C16H15NO4. The molecule has 0 aliphatic heterocycles. The number of carbonyl (C=O) groups excluding carboxylic acids is 1. The summed E-state index contributed by atoms with van der Waals surface area (Å²) in [6.45, 7) is 0. The summed E-state index contributed by atoms with van der Waals surface area (Å²) >= 11 is 0. The van der Waals surface area contributed by atoms with Crippen LogP contribution in [0.3, 0.4) is 0 Å². The Hall–Kier alpha value is -2.53. The van der Waals surface area contributed by atoms with Crippen LogP contribution in [0.5, 0.6) is 0 Å². The number of hydrogen-bond acceptors (Lipinski definition) is 4. The smallest absolute Gasteiger partial charge is 0.270 e. The monoisotopic (exact) mass is 285 g/mol. The van der Waals surface area contributed by atoms with Gasteiger partial charge in [-0.2, -0.15) is 0 Å².